The maximum atomic E-state index is 11.8. The molecule has 0 bridgehead atoms. The first kappa shape index (κ1) is 18.7. The van der Waals surface area contributed by atoms with E-state index in [1.807, 2.05) is 20.8 Å². The van der Waals surface area contributed by atoms with Gasteiger partial charge in [0.1, 0.15) is 0 Å². The van der Waals surface area contributed by atoms with Gasteiger partial charge in [-0.25, -0.2) is 4.79 Å². The summed E-state index contributed by atoms with van der Waals surface area (Å²) in [6.07, 6.45) is 1.46. The lowest BCUT2D eigenvalue weighted by Gasteiger charge is -2.26. The van der Waals surface area contributed by atoms with Crippen molar-refractivity contribution >= 4 is 12.0 Å². The van der Waals surface area contributed by atoms with Gasteiger partial charge in [-0.15, -0.1) is 0 Å². The van der Waals surface area contributed by atoms with E-state index in [9.17, 15) is 9.59 Å². The molecule has 0 aromatic rings. The van der Waals surface area contributed by atoms with Crippen LogP contribution in [0.4, 0.5) is 4.79 Å². The summed E-state index contributed by atoms with van der Waals surface area (Å²) in [5.74, 6) is -0.894. The number of urea groups is 1. The molecule has 0 saturated heterocycles. The molecule has 0 aliphatic heterocycles. The molecule has 0 aromatic carbocycles. The van der Waals surface area contributed by atoms with Gasteiger partial charge in [0, 0.05) is 12.6 Å². The maximum Gasteiger partial charge on any atom is 0.315 e. The second-order valence-corrected chi connectivity index (χ2v) is 7.77. The highest BCUT2D eigenvalue weighted by molar-refractivity contribution is 5.75. The first-order chi connectivity index (χ1) is 8.89. The summed E-state index contributed by atoms with van der Waals surface area (Å²) in [5.41, 5.74) is 0.137. The number of rotatable bonds is 6. The molecule has 1 unspecified atom stereocenters. The van der Waals surface area contributed by atoms with Crippen LogP contribution in [0.1, 0.15) is 60.8 Å². The van der Waals surface area contributed by atoms with Crippen molar-refractivity contribution in [2.45, 2.75) is 66.8 Å². The van der Waals surface area contributed by atoms with Gasteiger partial charge in [-0.3, -0.25) is 4.79 Å². The molecule has 20 heavy (non-hydrogen) atoms. The van der Waals surface area contributed by atoms with E-state index < -0.39 is 5.97 Å². The molecule has 0 radical (unpaired) electrons. The van der Waals surface area contributed by atoms with Gasteiger partial charge in [0.2, 0.25) is 0 Å². The highest BCUT2D eigenvalue weighted by Gasteiger charge is 2.22. The fraction of sp³-hybridized carbons (Fsp3) is 0.867. The molecular weight excluding hydrogens is 256 g/mol. The number of amides is 2. The average molecular weight is 286 g/mol. The molecular formula is C15H30N2O3. The number of carboxylic acids is 1. The number of carbonyl (C=O) groups is 2. The van der Waals surface area contributed by atoms with Crippen molar-refractivity contribution in [3.05, 3.63) is 0 Å². The van der Waals surface area contributed by atoms with Crippen molar-refractivity contribution in [1.82, 2.24) is 10.6 Å². The van der Waals surface area contributed by atoms with Crippen molar-refractivity contribution in [2.75, 3.05) is 6.54 Å². The van der Waals surface area contributed by atoms with Gasteiger partial charge >= 0.3 is 12.0 Å². The van der Waals surface area contributed by atoms with Crippen LogP contribution in [0.3, 0.4) is 0 Å². The number of hydrogen-bond donors (Lipinski definition) is 3. The Hall–Kier alpha value is -1.26. The van der Waals surface area contributed by atoms with Gasteiger partial charge in [0.15, 0.2) is 0 Å². The molecule has 0 fully saturated rings. The van der Waals surface area contributed by atoms with Crippen LogP contribution < -0.4 is 10.6 Å². The highest BCUT2D eigenvalue weighted by atomic mass is 16.4. The van der Waals surface area contributed by atoms with Crippen LogP contribution in [-0.4, -0.2) is 29.7 Å². The molecule has 0 heterocycles. The van der Waals surface area contributed by atoms with E-state index in [4.69, 9.17) is 5.11 Å². The van der Waals surface area contributed by atoms with E-state index >= 15 is 0 Å². The Kier molecular flexibility index (Phi) is 7.03. The van der Waals surface area contributed by atoms with Crippen molar-refractivity contribution in [2.24, 2.45) is 10.8 Å². The third-order valence-electron chi connectivity index (χ3n) is 2.78. The normalized spacial score (nSPS) is 13.7. The number of carboxylic acid groups (broad SMARTS) is 1. The largest absolute Gasteiger partial charge is 0.481 e. The molecule has 2 amide bonds. The second-order valence-electron chi connectivity index (χ2n) is 7.77. The minimum Gasteiger partial charge on any atom is -0.481 e. The third kappa shape index (κ3) is 11.8. The first-order valence-corrected chi connectivity index (χ1v) is 7.15. The van der Waals surface area contributed by atoms with E-state index in [2.05, 4.69) is 31.4 Å². The van der Waals surface area contributed by atoms with Crippen LogP contribution in [0.15, 0.2) is 0 Å². The lowest BCUT2D eigenvalue weighted by Crippen LogP contribution is -2.45. The van der Waals surface area contributed by atoms with Gasteiger partial charge in [0.05, 0.1) is 6.42 Å². The quantitative estimate of drug-likeness (QED) is 0.702. The monoisotopic (exact) mass is 286 g/mol. The molecule has 5 nitrogen and oxygen atoms in total. The molecule has 0 aliphatic rings. The summed E-state index contributed by atoms with van der Waals surface area (Å²) in [4.78, 5) is 22.6. The predicted molar refractivity (Wildman–Crippen MR) is 80.7 cm³/mol. The van der Waals surface area contributed by atoms with E-state index in [1.54, 1.807) is 0 Å². The lowest BCUT2D eigenvalue weighted by molar-refractivity contribution is -0.137. The van der Waals surface area contributed by atoms with Crippen molar-refractivity contribution < 1.29 is 14.7 Å². The van der Waals surface area contributed by atoms with Crippen molar-refractivity contribution in [3.63, 3.8) is 0 Å². The summed E-state index contributed by atoms with van der Waals surface area (Å²) >= 11 is 0. The molecule has 0 spiro atoms. The minimum atomic E-state index is -0.894. The van der Waals surface area contributed by atoms with E-state index in [-0.39, 0.29) is 29.3 Å². The van der Waals surface area contributed by atoms with Crippen molar-refractivity contribution in [1.29, 1.82) is 0 Å². The van der Waals surface area contributed by atoms with E-state index in [0.29, 0.717) is 13.0 Å². The Labute approximate surface area is 122 Å². The smallest absolute Gasteiger partial charge is 0.315 e. The summed E-state index contributed by atoms with van der Waals surface area (Å²) in [6, 6.07) is -0.633. The van der Waals surface area contributed by atoms with E-state index in [0.717, 1.165) is 6.42 Å². The molecule has 3 N–H and O–H groups in total. The minimum absolute atomic E-state index is 0.0290. The average Bonchev–Trinajstić information content (AvgIpc) is 2.10. The number of nitrogens with one attached hydrogen (secondary N) is 2. The van der Waals surface area contributed by atoms with Crippen LogP contribution >= 0.6 is 0 Å². The summed E-state index contributed by atoms with van der Waals surface area (Å²) in [6.45, 7) is 13.0. The fourth-order valence-electron chi connectivity index (χ4n) is 1.91. The highest BCUT2D eigenvalue weighted by Crippen LogP contribution is 2.22. The Morgan fingerprint density at radius 3 is 2.00 bits per heavy atom. The van der Waals surface area contributed by atoms with Gasteiger partial charge in [-0.05, 0) is 23.7 Å². The summed E-state index contributed by atoms with van der Waals surface area (Å²) in [7, 11) is 0. The Morgan fingerprint density at radius 1 is 1.05 bits per heavy atom. The maximum absolute atomic E-state index is 11.8. The van der Waals surface area contributed by atoms with Gasteiger partial charge in [-0.1, -0.05) is 41.5 Å². The fourth-order valence-corrected chi connectivity index (χ4v) is 1.91. The number of aliphatic carboxylic acids is 1. The molecule has 118 valence electrons. The standard InChI is InChI=1S/C15H30N2O3/c1-14(2,3)7-8-16-13(20)17-11(9-12(18)19)10-15(4,5)6/h11H,7-10H2,1-6H3,(H,18,19)(H2,16,17,20). The summed E-state index contributed by atoms with van der Waals surface area (Å²) < 4.78 is 0. The topological polar surface area (TPSA) is 78.4 Å². The zero-order chi connectivity index (χ0) is 16.0. The Morgan fingerprint density at radius 2 is 1.60 bits per heavy atom. The Balaban J connectivity index is 4.28. The van der Waals surface area contributed by atoms with Crippen LogP contribution in [0, 0.1) is 10.8 Å². The molecule has 0 saturated carbocycles. The zero-order valence-corrected chi connectivity index (χ0v) is 13.7. The zero-order valence-electron chi connectivity index (χ0n) is 13.7. The van der Waals surface area contributed by atoms with E-state index in [1.165, 1.54) is 0 Å². The van der Waals surface area contributed by atoms with Gasteiger partial charge in [-0.2, -0.15) is 0 Å². The molecule has 1 atom stereocenters. The number of hydrogen-bond acceptors (Lipinski definition) is 2. The lowest BCUT2D eigenvalue weighted by atomic mass is 9.87. The molecule has 0 aromatic heterocycles. The first-order valence-electron chi connectivity index (χ1n) is 7.15. The third-order valence-corrected chi connectivity index (χ3v) is 2.78. The summed E-state index contributed by atoms with van der Waals surface area (Å²) in [5, 5.41) is 14.5. The molecule has 5 heteroatoms. The van der Waals surface area contributed by atoms with Crippen LogP contribution in [0.5, 0.6) is 0 Å². The number of carbonyl (C=O) groups excluding carboxylic acids is 1. The SMILES string of the molecule is CC(C)(C)CCNC(=O)NC(CC(=O)O)CC(C)(C)C. The van der Waals surface area contributed by atoms with Crippen LogP contribution in [0.2, 0.25) is 0 Å². The molecule has 0 rings (SSSR count). The molecule has 0 aliphatic carbocycles. The second kappa shape index (κ2) is 7.50. The van der Waals surface area contributed by atoms with Gasteiger partial charge in [0.25, 0.3) is 0 Å². The van der Waals surface area contributed by atoms with Crippen LogP contribution in [0.25, 0.3) is 0 Å². The van der Waals surface area contributed by atoms with Gasteiger partial charge < -0.3 is 15.7 Å². The predicted octanol–water partition coefficient (Wildman–Crippen LogP) is 3.00. The van der Waals surface area contributed by atoms with Crippen LogP contribution in [-0.2, 0) is 4.79 Å². The van der Waals surface area contributed by atoms with Crippen molar-refractivity contribution in [3.8, 4) is 0 Å². The Bertz CT molecular complexity index is 327.